The zero-order valence-electron chi connectivity index (χ0n) is 24.0. The van der Waals surface area contributed by atoms with Crippen molar-refractivity contribution in [2.75, 3.05) is 21.3 Å². The van der Waals surface area contributed by atoms with Crippen molar-refractivity contribution < 1.29 is 19.3 Å². The van der Waals surface area contributed by atoms with Gasteiger partial charge in [-0.3, -0.25) is 0 Å². The third-order valence-electron chi connectivity index (χ3n) is 7.19. The van der Waals surface area contributed by atoms with Crippen molar-refractivity contribution in [1.82, 2.24) is 15.0 Å². The lowest BCUT2D eigenvalue weighted by molar-refractivity contribution is 0.395. The summed E-state index contributed by atoms with van der Waals surface area (Å²) in [6.07, 6.45) is 0. The Bertz CT molecular complexity index is 1870. The van der Waals surface area contributed by atoms with Gasteiger partial charge in [-0.25, -0.2) is 15.0 Å². The van der Waals surface area contributed by atoms with Crippen LogP contribution in [0.1, 0.15) is 0 Å². The molecule has 6 aromatic rings. The second-order valence-corrected chi connectivity index (χ2v) is 9.78. The molecule has 0 bridgehead atoms. The van der Waals surface area contributed by atoms with Crippen molar-refractivity contribution in [3.63, 3.8) is 0 Å². The number of hydrogen-bond acceptors (Lipinski definition) is 7. The maximum Gasteiger partial charge on any atom is 0.167 e. The first-order valence-electron chi connectivity index (χ1n) is 13.7. The Morgan fingerprint density at radius 3 is 1.49 bits per heavy atom. The number of ether oxygens (including phenoxy) is 3. The van der Waals surface area contributed by atoms with Crippen molar-refractivity contribution in [3.05, 3.63) is 115 Å². The minimum atomic E-state index is 0.0174. The summed E-state index contributed by atoms with van der Waals surface area (Å²) in [5.74, 6) is 3.33. The van der Waals surface area contributed by atoms with E-state index in [4.69, 9.17) is 29.2 Å². The highest BCUT2D eigenvalue weighted by atomic mass is 16.5. The molecule has 5 aromatic carbocycles. The van der Waals surface area contributed by atoms with Crippen LogP contribution in [0.25, 0.3) is 56.4 Å². The number of methoxy groups -OCH3 is 3. The zero-order chi connectivity index (χ0) is 29.8. The summed E-state index contributed by atoms with van der Waals surface area (Å²) in [6.45, 7) is 0. The van der Waals surface area contributed by atoms with E-state index in [0.29, 0.717) is 34.5 Å². The van der Waals surface area contributed by atoms with Crippen molar-refractivity contribution in [1.29, 1.82) is 0 Å². The molecule has 1 N–H and O–H groups in total. The molecule has 43 heavy (non-hydrogen) atoms. The smallest absolute Gasteiger partial charge is 0.167 e. The van der Waals surface area contributed by atoms with E-state index in [2.05, 4.69) is 24.3 Å². The van der Waals surface area contributed by atoms with Gasteiger partial charge in [0, 0.05) is 28.8 Å². The normalized spacial score (nSPS) is 10.8. The molecule has 0 saturated carbocycles. The minimum absolute atomic E-state index is 0.0174. The average molecular weight is 568 g/mol. The van der Waals surface area contributed by atoms with Crippen molar-refractivity contribution in [2.24, 2.45) is 0 Å². The molecular weight excluding hydrogens is 538 g/mol. The largest absolute Gasteiger partial charge is 0.507 e. The summed E-state index contributed by atoms with van der Waals surface area (Å²) in [5.41, 5.74) is 6.24. The Morgan fingerprint density at radius 1 is 0.442 bits per heavy atom. The molecule has 0 atom stereocenters. The molecule has 1 aromatic heterocycles. The lowest BCUT2D eigenvalue weighted by Gasteiger charge is -2.12. The van der Waals surface area contributed by atoms with Gasteiger partial charge in [-0.1, -0.05) is 78.9 Å². The molecule has 7 nitrogen and oxygen atoms in total. The van der Waals surface area contributed by atoms with E-state index in [1.807, 2.05) is 72.8 Å². The Balaban J connectivity index is 1.42. The molecule has 0 radical (unpaired) electrons. The third kappa shape index (κ3) is 5.74. The molecule has 0 saturated heterocycles. The zero-order valence-corrected chi connectivity index (χ0v) is 24.0. The van der Waals surface area contributed by atoms with Crippen LogP contribution >= 0.6 is 0 Å². The quantitative estimate of drug-likeness (QED) is 0.200. The number of aromatic hydroxyl groups is 1. The van der Waals surface area contributed by atoms with E-state index < -0.39 is 0 Å². The maximum absolute atomic E-state index is 10.8. The highest BCUT2D eigenvalue weighted by Crippen LogP contribution is 2.36. The molecule has 6 rings (SSSR count). The monoisotopic (exact) mass is 567 g/mol. The average Bonchev–Trinajstić information content (AvgIpc) is 3.08. The Hall–Kier alpha value is -5.69. The standard InChI is InChI=1S/C36H29N3O4/c1-41-28-18-20-31(32(40)21-28)36-38-34(26-13-9-24(10-14-26)23-7-5-4-6-8-23)37-35(39-36)27-15-11-25(12-16-27)30-19-17-29(42-2)22-33(30)43-3/h4-22,40H,1-3H3. The van der Waals surface area contributed by atoms with Crippen LogP contribution in [0.3, 0.4) is 0 Å². The third-order valence-corrected chi connectivity index (χ3v) is 7.19. The number of nitrogens with zero attached hydrogens (tertiary/aromatic N) is 3. The van der Waals surface area contributed by atoms with E-state index in [-0.39, 0.29) is 5.75 Å². The van der Waals surface area contributed by atoms with E-state index in [1.165, 1.54) is 0 Å². The SMILES string of the molecule is COc1ccc(-c2nc(-c3ccc(-c4ccccc4)cc3)nc(-c3ccc(-c4ccc(OC)cc4OC)cc3)n2)c(O)c1. The van der Waals surface area contributed by atoms with Gasteiger partial charge in [0.25, 0.3) is 0 Å². The summed E-state index contributed by atoms with van der Waals surface area (Å²) in [5, 5.41) is 10.8. The lowest BCUT2D eigenvalue weighted by Crippen LogP contribution is -2.00. The Kier molecular flexibility index (Phi) is 7.70. The first-order valence-corrected chi connectivity index (χ1v) is 13.7. The predicted molar refractivity (Wildman–Crippen MR) is 168 cm³/mol. The number of rotatable bonds is 8. The molecule has 0 aliphatic carbocycles. The van der Waals surface area contributed by atoms with E-state index >= 15 is 0 Å². The fraction of sp³-hybridized carbons (Fsp3) is 0.0833. The highest BCUT2D eigenvalue weighted by Gasteiger charge is 2.16. The maximum atomic E-state index is 10.8. The topological polar surface area (TPSA) is 86.6 Å². The van der Waals surface area contributed by atoms with Gasteiger partial charge in [-0.2, -0.15) is 0 Å². The van der Waals surface area contributed by atoms with Crippen LogP contribution in [0, 0.1) is 0 Å². The summed E-state index contributed by atoms with van der Waals surface area (Å²) in [6, 6.07) is 37.0. The molecule has 0 spiro atoms. The van der Waals surface area contributed by atoms with Crippen LogP contribution in [0.5, 0.6) is 23.0 Å². The molecular formula is C36H29N3O4. The molecule has 7 heteroatoms. The van der Waals surface area contributed by atoms with Gasteiger partial charge < -0.3 is 19.3 Å². The predicted octanol–water partition coefficient (Wildman–Crippen LogP) is 7.94. The van der Waals surface area contributed by atoms with Gasteiger partial charge >= 0.3 is 0 Å². The first kappa shape index (κ1) is 27.5. The Labute approximate surface area is 250 Å². The van der Waals surface area contributed by atoms with Crippen LogP contribution in [0.15, 0.2) is 115 Å². The van der Waals surface area contributed by atoms with E-state index in [9.17, 15) is 5.11 Å². The summed E-state index contributed by atoms with van der Waals surface area (Å²) < 4.78 is 16.2. The van der Waals surface area contributed by atoms with E-state index in [0.717, 1.165) is 39.1 Å². The number of phenolic OH excluding ortho intramolecular Hbond substituents is 1. The van der Waals surface area contributed by atoms with Crippen LogP contribution < -0.4 is 14.2 Å². The number of benzene rings is 5. The molecule has 0 unspecified atom stereocenters. The van der Waals surface area contributed by atoms with Crippen LogP contribution in [-0.2, 0) is 0 Å². The fourth-order valence-electron chi connectivity index (χ4n) is 4.86. The second-order valence-electron chi connectivity index (χ2n) is 9.78. The fourth-order valence-corrected chi connectivity index (χ4v) is 4.86. The number of phenols is 1. The summed E-state index contributed by atoms with van der Waals surface area (Å²) in [4.78, 5) is 14.4. The molecule has 0 fully saturated rings. The minimum Gasteiger partial charge on any atom is -0.507 e. The Morgan fingerprint density at radius 2 is 0.930 bits per heavy atom. The lowest BCUT2D eigenvalue weighted by atomic mass is 10.0. The summed E-state index contributed by atoms with van der Waals surface area (Å²) >= 11 is 0. The molecule has 0 amide bonds. The van der Waals surface area contributed by atoms with Crippen molar-refractivity contribution in [3.8, 4) is 79.4 Å². The van der Waals surface area contributed by atoms with Gasteiger partial charge in [-0.05, 0) is 41.0 Å². The second kappa shape index (κ2) is 12.0. The first-order chi connectivity index (χ1) is 21.1. The number of aromatic nitrogens is 3. The van der Waals surface area contributed by atoms with Gasteiger partial charge in [-0.15, -0.1) is 0 Å². The van der Waals surface area contributed by atoms with Crippen LogP contribution in [-0.4, -0.2) is 41.4 Å². The highest BCUT2D eigenvalue weighted by molar-refractivity contribution is 5.76. The van der Waals surface area contributed by atoms with Gasteiger partial charge in [0.2, 0.25) is 0 Å². The van der Waals surface area contributed by atoms with Crippen molar-refractivity contribution in [2.45, 2.75) is 0 Å². The van der Waals surface area contributed by atoms with Crippen LogP contribution in [0.2, 0.25) is 0 Å². The molecule has 0 aliphatic heterocycles. The molecule has 1 heterocycles. The van der Waals surface area contributed by atoms with Gasteiger partial charge in [0.1, 0.15) is 23.0 Å². The van der Waals surface area contributed by atoms with E-state index in [1.54, 1.807) is 39.5 Å². The van der Waals surface area contributed by atoms with Crippen molar-refractivity contribution >= 4 is 0 Å². The summed E-state index contributed by atoms with van der Waals surface area (Å²) in [7, 11) is 4.82. The number of hydrogen-bond donors (Lipinski definition) is 1. The molecule has 212 valence electrons. The van der Waals surface area contributed by atoms with Crippen LogP contribution in [0.4, 0.5) is 0 Å². The molecule has 0 aliphatic rings. The van der Waals surface area contributed by atoms with Gasteiger partial charge in [0.15, 0.2) is 17.5 Å². The van der Waals surface area contributed by atoms with Gasteiger partial charge in [0.05, 0.1) is 26.9 Å².